The van der Waals surface area contributed by atoms with Gasteiger partial charge in [0.1, 0.15) is 5.56 Å². The van der Waals surface area contributed by atoms with E-state index in [-0.39, 0.29) is 0 Å². The maximum absolute atomic E-state index is 11.0. The number of hydrogen-bond donors (Lipinski definition) is 3. The number of carbonyl (C=O) groups is 1. The third-order valence-corrected chi connectivity index (χ3v) is 2.98. The van der Waals surface area contributed by atoms with Crippen molar-refractivity contribution in [3.05, 3.63) is 27.8 Å². The molecule has 1 aliphatic rings. The fourth-order valence-corrected chi connectivity index (χ4v) is 2.01. The van der Waals surface area contributed by atoms with Crippen LogP contribution < -0.4 is 10.2 Å². The number of aromatic hydroxyl groups is 1. The molecule has 0 aromatic heterocycles. The molecule has 0 saturated carbocycles. The van der Waals surface area contributed by atoms with Crippen LogP contribution >= 0.6 is 0 Å². The normalized spacial score (nSPS) is 15.3. The number of piperazine rings is 1. The third-order valence-electron chi connectivity index (χ3n) is 2.98. The van der Waals surface area contributed by atoms with Gasteiger partial charge in [-0.15, -0.1) is 0 Å². The van der Waals surface area contributed by atoms with E-state index in [2.05, 4.69) is 5.32 Å². The zero-order chi connectivity index (χ0) is 14.0. The van der Waals surface area contributed by atoms with Gasteiger partial charge in [0, 0.05) is 37.9 Å². The van der Waals surface area contributed by atoms with Crippen molar-refractivity contribution in [3.63, 3.8) is 0 Å². The Morgan fingerprint density at radius 2 is 2.00 bits per heavy atom. The Labute approximate surface area is 108 Å². The molecule has 0 atom stereocenters. The van der Waals surface area contributed by atoms with Crippen LogP contribution in [-0.4, -0.2) is 47.3 Å². The summed E-state index contributed by atoms with van der Waals surface area (Å²) in [7, 11) is 0. The van der Waals surface area contributed by atoms with Gasteiger partial charge >= 0.3 is 11.7 Å². The average molecular weight is 267 g/mol. The van der Waals surface area contributed by atoms with E-state index in [1.54, 1.807) is 0 Å². The van der Waals surface area contributed by atoms with E-state index in [0.717, 1.165) is 13.1 Å². The van der Waals surface area contributed by atoms with Gasteiger partial charge in [-0.3, -0.25) is 10.1 Å². The molecule has 8 nitrogen and oxygen atoms in total. The van der Waals surface area contributed by atoms with Gasteiger partial charge < -0.3 is 20.4 Å². The summed E-state index contributed by atoms with van der Waals surface area (Å²) in [4.78, 5) is 22.9. The van der Waals surface area contributed by atoms with Crippen LogP contribution in [0.2, 0.25) is 0 Å². The molecule has 0 amide bonds. The molecule has 0 unspecified atom stereocenters. The molecule has 3 N–H and O–H groups in total. The van der Waals surface area contributed by atoms with Gasteiger partial charge in [-0.1, -0.05) is 0 Å². The summed E-state index contributed by atoms with van der Waals surface area (Å²) in [6.07, 6.45) is 0. The fourth-order valence-electron chi connectivity index (χ4n) is 2.01. The lowest BCUT2D eigenvalue weighted by Crippen LogP contribution is -2.43. The molecule has 1 heterocycles. The second-order valence-electron chi connectivity index (χ2n) is 4.16. The molecule has 0 radical (unpaired) electrons. The minimum Gasteiger partial charge on any atom is -0.501 e. The zero-order valence-corrected chi connectivity index (χ0v) is 10.00. The quantitative estimate of drug-likeness (QED) is 0.536. The van der Waals surface area contributed by atoms with E-state index in [1.807, 2.05) is 4.90 Å². The van der Waals surface area contributed by atoms with Gasteiger partial charge in [0.05, 0.1) is 4.92 Å². The second kappa shape index (κ2) is 5.11. The van der Waals surface area contributed by atoms with E-state index in [9.17, 15) is 20.0 Å². The van der Waals surface area contributed by atoms with Crippen LogP contribution in [0.15, 0.2) is 12.1 Å². The Morgan fingerprint density at radius 3 is 2.53 bits per heavy atom. The molecule has 2 rings (SSSR count). The molecular weight excluding hydrogens is 254 g/mol. The first-order valence-corrected chi connectivity index (χ1v) is 5.71. The summed E-state index contributed by atoms with van der Waals surface area (Å²) < 4.78 is 0. The van der Waals surface area contributed by atoms with Gasteiger partial charge in [0.15, 0.2) is 0 Å². The number of aromatic carboxylic acids is 1. The number of anilines is 1. The molecule has 0 bridgehead atoms. The van der Waals surface area contributed by atoms with Crippen LogP contribution in [0.25, 0.3) is 0 Å². The van der Waals surface area contributed by atoms with Gasteiger partial charge in [-0.25, -0.2) is 4.79 Å². The molecule has 1 aromatic rings. The summed E-state index contributed by atoms with van der Waals surface area (Å²) in [5.41, 5.74) is -0.612. The minimum absolute atomic E-state index is 0.434. The summed E-state index contributed by atoms with van der Waals surface area (Å²) in [5.74, 6) is -2.20. The highest BCUT2D eigenvalue weighted by molar-refractivity contribution is 5.94. The first-order valence-electron chi connectivity index (χ1n) is 5.71. The number of benzene rings is 1. The zero-order valence-electron chi connectivity index (χ0n) is 10.00. The molecule has 1 aromatic carbocycles. The molecule has 1 aliphatic heterocycles. The third kappa shape index (κ3) is 2.58. The Balaban J connectivity index is 2.49. The first-order chi connectivity index (χ1) is 9.00. The van der Waals surface area contributed by atoms with E-state index >= 15 is 0 Å². The minimum atomic E-state index is -1.39. The van der Waals surface area contributed by atoms with Crippen molar-refractivity contribution in [1.82, 2.24) is 5.32 Å². The van der Waals surface area contributed by atoms with Gasteiger partial charge in [-0.2, -0.15) is 0 Å². The van der Waals surface area contributed by atoms with Crippen molar-refractivity contribution in [3.8, 4) is 5.75 Å². The standard InChI is InChI=1S/C11H13N3O5/c15-10-8(11(16)17)5-7(6-9(10)14(18)19)13-3-1-12-2-4-13/h5-6,12,15H,1-4H2,(H,16,17). The highest BCUT2D eigenvalue weighted by Gasteiger charge is 2.25. The van der Waals surface area contributed by atoms with Crippen molar-refractivity contribution < 1.29 is 19.9 Å². The van der Waals surface area contributed by atoms with Crippen LogP contribution in [0.5, 0.6) is 5.75 Å². The SMILES string of the molecule is O=C(O)c1cc(N2CCNCC2)cc([N+](=O)[O-])c1O. The van der Waals surface area contributed by atoms with Crippen molar-refractivity contribution in [2.75, 3.05) is 31.1 Å². The monoisotopic (exact) mass is 267 g/mol. The first kappa shape index (κ1) is 13.1. The van der Waals surface area contributed by atoms with E-state index in [0.29, 0.717) is 18.8 Å². The van der Waals surface area contributed by atoms with E-state index in [4.69, 9.17) is 5.11 Å². The van der Waals surface area contributed by atoms with E-state index < -0.39 is 27.9 Å². The predicted molar refractivity (Wildman–Crippen MR) is 66.8 cm³/mol. The Bertz CT molecular complexity index is 490. The average Bonchev–Trinajstić information content (AvgIpc) is 2.39. The maximum atomic E-state index is 11.0. The predicted octanol–water partition coefficient (Wildman–Crippen LogP) is 0.408. The number of nitrogens with zero attached hydrogens (tertiary/aromatic N) is 2. The lowest BCUT2D eigenvalue weighted by atomic mass is 10.1. The molecule has 8 heteroatoms. The smallest absolute Gasteiger partial charge is 0.339 e. The lowest BCUT2D eigenvalue weighted by molar-refractivity contribution is -0.385. The van der Waals surface area contributed by atoms with E-state index in [1.165, 1.54) is 12.1 Å². The Hall–Kier alpha value is -2.35. The topological polar surface area (TPSA) is 116 Å². The fraction of sp³-hybridized carbons (Fsp3) is 0.364. The highest BCUT2D eigenvalue weighted by Crippen LogP contribution is 2.34. The van der Waals surface area contributed by atoms with Crippen LogP contribution in [0.3, 0.4) is 0 Å². The van der Waals surface area contributed by atoms with Crippen molar-refractivity contribution in [1.29, 1.82) is 0 Å². The lowest BCUT2D eigenvalue weighted by Gasteiger charge is -2.29. The summed E-state index contributed by atoms with van der Waals surface area (Å²) >= 11 is 0. The maximum Gasteiger partial charge on any atom is 0.339 e. The van der Waals surface area contributed by atoms with Crippen LogP contribution in [-0.2, 0) is 0 Å². The van der Waals surface area contributed by atoms with Gasteiger partial charge in [0.2, 0.25) is 5.75 Å². The van der Waals surface area contributed by atoms with Crippen LogP contribution in [0.4, 0.5) is 11.4 Å². The number of rotatable bonds is 3. The van der Waals surface area contributed by atoms with Crippen LogP contribution in [0, 0.1) is 10.1 Å². The summed E-state index contributed by atoms with van der Waals surface area (Å²) in [6.45, 7) is 2.69. The summed E-state index contributed by atoms with van der Waals surface area (Å²) in [6, 6.07) is 2.46. The number of phenols is 1. The Kier molecular flexibility index (Phi) is 3.52. The molecule has 102 valence electrons. The summed E-state index contributed by atoms with van der Waals surface area (Å²) in [5, 5.41) is 32.6. The highest BCUT2D eigenvalue weighted by atomic mass is 16.6. The van der Waals surface area contributed by atoms with Crippen molar-refractivity contribution in [2.45, 2.75) is 0 Å². The number of carboxylic acids is 1. The molecule has 1 fully saturated rings. The number of nitro benzene ring substituents is 1. The number of carboxylic acid groups (broad SMARTS) is 1. The number of nitro groups is 1. The molecule has 19 heavy (non-hydrogen) atoms. The number of nitrogens with one attached hydrogen (secondary N) is 1. The largest absolute Gasteiger partial charge is 0.501 e. The molecule has 0 spiro atoms. The second-order valence-corrected chi connectivity index (χ2v) is 4.16. The number of hydrogen-bond acceptors (Lipinski definition) is 6. The van der Waals surface area contributed by atoms with Gasteiger partial charge in [0.25, 0.3) is 0 Å². The van der Waals surface area contributed by atoms with Gasteiger partial charge in [-0.05, 0) is 6.07 Å². The Morgan fingerprint density at radius 1 is 1.37 bits per heavy atom. The van der Waals surface area contributed by atoms with Crippen molar-refractivity contribution in [2.24, 2.45) is 0 Å². The van der Waals surface area contributed by atoms with Crippen LogP contribution in [0.1, 0.15) is 10.4 Å². The van der Waals surface area contributed by atoms with Crippen molar-refractivity contribution >= 4 is 17.3 Å². The molecule has 0 aliphatic carbocycles. The molecular formula is C11H13N3O5. The molecule has 1 saturated heterocycles.